The van der Waals surface area contributed by atoms with Gasteiger partial charge < -0.3 is 24.6 Å². The first-order chi connectivity index (χ1) is 36.7. The van der Waals surface area contributed by atoms with Crippen LogP contribution >= 0.6 is 0 Å². The topological polar surface area (TPSA) is 184 Å². The number of phenolic OH excluding ortho intramolecular Hbond substituents is 1. The van der Waals surface area contributed by atoms with Crippen LogP contribution in [0.1, 0.15) is 120 Å². The summed E-state index contributed by atoms with van der Waals surface area (Å²) in [6, 6.07) is 32.3. The number of anilines is 4. The first kappa shape index (κ1) is 57.1. The molecular formula is C61H73N5O10S. The molecule has 0 aromatic heterocycles. The molecule has 0 aliphatic carbocycles. The fourth-order valence-electron chi connectivity index (χ4n) is 9.02. The van der Waals surface area contributed by atoms with Crippen molar-refractivity contribution in [2.24, 2.45) is 10.8 Å². The van der Waals surface area contributed by atoms with E-state index >= 15 is 4.79 Å². The van der Waals surface area contributed by atoms with Gasteiger partial charge in [0.2, 0.25) is 0 Å². The average molecular weight is 1070 g/mol. The summed E-state index contributed by atoms with van der Waals surface area (Å²) >= 11 is 0. The average Bonchev–Trinajstić information content (AvgIpc) is 3.74. The predicted molar refractivity (Wildman–Crippen MR) is 304 cm³/mol. The molecule has 0 radical (unpaired) electrons. The van der Waals surface area contributed by atoms with Crippen molar-refractivity contribution in [2.75, 3.05) is 46.8 Å². The number of fused-ring (bicyclic) bond motifs is 1. The molecule has 0 bridgehead atoms. The fourth-order valence-corrected chi connectivity index (χ4v) is 10.1. The number of nitrogens with one attached hydrogen (secondary N) is 2. The molecule has 1 unspecified atom stereocenters. The summed E-state index contributed by atoms with van der Waals surface area (Å²) in [4.78, 5) is 58.4. The van der Waals surface area contributed by atoms with Crippen molar-refractivity contribution in [3.63, 3.8) is 0 Å². The van der Waals surface area contributed by atoms with Gasteiger partial charge in [0, 0.05) is 17.8 Å². The van der Waals surface area contributed by atoms with E-state index in [0.717, 1.165) is 40.3 Å². The molecule has 1 atom stereocenters. The Kier molecular flexibility index (Phi) is 18.6. The van der Waals surface area contributed by atoms with E-state index in [1.807, 2.05) is 26.0 Å². The van der Waals surface area contributed by atoms with E-state index in [4.69, 9.17) is 14.2 Å². The minimum Gasteiger partial charge on any atom is -0.506 e. The zero-order valence-corrected chi connectivity index (χ0v) is 46.4. The number of unbranched alkanes of at least 4 members (excludes halogenated alkanes) is 9. The van der Waals surface area contributed by atoms with Crippen LogP contribution in [0, 0.1) is 24.7 Å². The molecule has 0 saturated carbocycles. The number of nitrogens with zero attached hydrogens (tertiary/aromatic N) is 3. The summed E-state index contributed by atoms with van der Waals surface area (Å²) in [7, 11) is -2.74. The number of ether oxygens (including phenoxy) is 3. The predicted octanol–water partition coefficient (Wildman–Crippen LogP) is 13.7. The number of para-hydroxylation sites is 1. The van der Waals surface area contributed by atoms with Crippen molar-refractivity contribution in [3.8, 4) is 23.0 Å². The van der Waals surface area contributed by atoms with Gasteiger partial charge in [-0.3, -0.25) is 29.0 Å². The smallest absolute Gasteiger partial charge is 0.350 e. The van der Waals surface area contributed by atoms with Crippen molar-refractivity contribution in [1.82, 2.24) is 5.01 Å². The lowest BCUT2D eigenvalue weighted by Gasteiger charge is -2.32. The molecule has 408 valence electrons. The van der Waals surface area contributed by atoms with Gasteiger partial charge >= 0.3 is 12.0 Å². The fraction of sp³-hybridized carbons (Fsp3) is 0.377. The zero-order valence-electron chi connectivity index (χ0n) is 45.6. The number of amides is 4. The second kappa shape index (κ2) is 25.0. The SMILES string of the molecule is CCCCCCCCCCCCOc1ccc(C)cc1NC(=O)c1cc(Oc2ccc(NS(=O)(=O)c3ccc(C)cc3)cc2N(C)C(=O)N2C(=O)C(C)(COC(=O)C(C)(C)C)CN2c2ccccc2)c2ccccc2c1O. The first-order valence-corrected chi connectivity index (χ1v) is 28.0. The van der Waals surface area contributed by atoms with Crippen molar-refractivity contribution < 1.29 is 46.9 Å². The number of aromatic hydroxyl groups is 1. The number of hydrogen-bond donors (Lipinski definition) is 3. The third kappa shape index (κ3) is 14.1. The Labute approximate surface area is 453 Å². The third-order valence-electron chi connectivity index (χ3n) is 13.6. The molecule has 6 aromatic carbocycles. The maximum atomic E-state index is 15.2. The molecule has 16 heteroatoms. The number of phenols is 1. The van der Waals surface area contributed by atoms with Gasteiger partial charge in [-0.25, -0.2) is 13.2 Å². The number of sulfonamides is 1. The number of hydrazine groups is 1. The number of rotatable bonds is 23. The second-order valence-electron chi connectivity index (χ2n) is 21.2. The van der Waals surface area contributed by atoms with Crippen LogP contribution in [0.25, 0.3) is 10.8 Å². The van der Waals surface area contributed by atoms with Crippen molar-refractivity contribution >= 4 is 67.4 Å². The van der Waals surface area contributed by atoms with Crippen LogP contribution in [0.4, 0.5) is 27.5 Å². The molecule has 1 aliphatic rings. The highest BCUT2D eigenvalue weighted by atomic mass is 32.2. The van der Waals surface area contributed by atoms with Gasteiger partial charge in [0.05, 0.1) is 51.8 Å². The third-order valence-corrected chi connectivity index (χ3v) is 15.0. The number of carbonyl (C=O) groups is 4. The minimum absolute atomic E-state index is 0.00169. The Balaban J connectivity index is 1.21. The number of imide groups is 1. The molecule has 7 rings (SSSR count). The van der Waals surface area contributed by atoms with Crippen LogP contribution in [0.3, 0.4) is 0 Å². The van der Waals surface area contributed by atoms with E-state index in [1.165, 1.54) is 93.4 Å². The Hall–Kier alpha value is -7.59. The lowest BCUT2D eigenvalue weighted by Crippen LogP contribution is -2.50. The van der Waals surface area contributed by atoms with Gasteiger partial charge in [-0.05, 0) is 114 Å². The van der Waals surface area contributed by atoms with E-state index in [1.54, 1.807) is 100 Å². The Morgan fingerprint density at radius 2 is 1.35 bits per heavy atom. The lowest BCUT2D eigenvalue weighted by atomic mass is 9.91. The Morgan fingerprint density at radius 3 is 2.01 bits per heavy atom. The molecule has 1 fully saturated rings. The highest BCUT2D eigenvalue weighted by Crippen LogP contribution is 2.43. The van der Waals surface area contributed by atoms with Crippen molar-refractivity contribution in [3.05, 3.63) is 138 Å². The van der Waals surface area contributed by atoms with Crippen molar-refractivity contribution in [2.45, 2.75) is 118 Å². The van der Waals surface area contributed by atoms with Gasteiger partial charge in [-0.1, -0.05) is 131 Å². The summed E-state index contributed by atoms with van der Waals surface area (Å²) < 4.78 is 48.9. The second-order valence-corrected chi connectivity index (χ2v) is 22.9. The van der Waals surface area contributed by atoms with E-state index in [2.05, 4.69) is 17.0 Å². The largest absolute Gasteiger partial charge is 0.506 e. The normalized spacial score (nSPS) is 14.6. The van der Waals surface area contributed by atoms with Gasteiger partial charge in [-0.2, -0.15) is 5.01 Å². The maximum absolute atomic E-state index is 15.2. The molecule has 6 aromatic rings. The number of aryl methyl sites for hydroxylation is 2. The first-order valence-electron chi connectivity index (χ1n) is 26.5. The van der Waals surface area contributed by atoms with Crippen LogP contribution in [0.5, 0.6) is 23.0 Å². The van der Waals surface area contributed by atoms with Crippen LogP contribution in [-0.4, -0.2) is 69.2 Å². The van der Waals surface area contributed by atoms with E-state index in [0.29, 0.717) is 29.1 Å². The monoisotopic (exact) mass is 1070 g/mol. The highest BCUT2D eigenvalue weighted by molar-refractivity contribution is 7.92. The molecule has 15 nitrogen and oxygen atoms in total. The molecular weight excluding hydrogens is 995 g/mol. The minimum atomic E-state index is -4.16. The summed E-state index contributed by atoms with van der Waals surface area (Å²) in [6.07, 6.45) is 11.9. The number of hydrogen-bond acceptors (Lipinski definition) is 11. The summed E-state index contributed by atoms with van der Waals surface area (Å²) in [5, 5.41) is 17.9. The Morgan fingerprint density at radius 1 is 0.740 bits per heavy atom. The van der Waals surface area contributed by atoms with Crippen LogP contribution < -0.4 is 29.4 Å². The van der Waals surface area contributed by atoms with Crippen LogP contribution in [0.2, 0.25) is 0 Å². The van der Waals surface area contributed by atoms with Gasteiger partial charge in [0.25, 0.3) is 21.8 Å². The molecule has 1 aliphatic heterocycles. The van der Waals surface area contributed by atoms with Crippen LogP contribution in [-0.2, 0) is 24.3 Å². The quantitative estimate of drug-likeness (QED) is 0.0410. The summed E-state index contributed by atoms with van der Waals surface area (Å²) in [5.41, 5.74) is 0.387. The Bertz CT molecular complexity index is 3180. The van der Waals surface area contributed by atoms with Gasteiger partial charge in [-0.15, -0.1) is 0 Å². The maximum Gasteiger partial charge on any atom is 0.350 e. The van der Waals surface area contributed by atoms with E-state index < -0.39 is 44.7 Å². The van der Waals surface area contributed by atoms with Crippen LogP contribution in [0.15, 0.2) is 126 Å². The molecule has 77 heavy (non-hydrogen) atoms. The van der Waals surface area contributed by atoms with Crippen molar-refractivity contribution in [1.29, 1.82) is 0 Å². The van der Waals surface area contributed by atoms with E-state index in [-0.39, 0.29) is 57.6 Å². The number of urea groups is 1. The number of carbonyl (C=O) groups excluding carboxylic acids is 4. The molecule has 0 spiro atoms. The molecule has 4 amide bonds. The molecule has 3 N–H and O–H groups in total. The number of esters is 1. The van der Waals surface area contributed by atoms with E-state index in [9.17, 15) is 27.9 Å². The lowest BCUT2D eigenvalue weighted by molar-refractivity contribution is -0.157. The molecule has 1 saturated heterocycles. The highest BCUT2D eigenvalue weighted by Gasteiger charge is 2.53. The number of benzene rings is 6. The standard InChI is InChI=1S/C61H73N5O10S/c1-9-10-11-12-13-14-15-16-17-23-36-74-52-34-30-43(3)37-50(52)62-56(68)49-39-54(47-26-21-22-27-48(47)55(49)67)76-53-35-31-44(63-77(72,73)46-32-28-42(2)29-33-46)38-51(53)64(8)59(71)66-57(69)61(7,41-75-58(70)60(4,5)6)40-65(66)45-24-19-18-20-25-45/h18-22,24-35,37-39,63,67H,9-17,23,36,40-41H2,1-8H3,(H,62,68). The van der Waals surface area contributed by atoms with Gasteiger partial charge in [0.15, 0.2) is 5.75 Å². The summed E-state index contributed by atoms with van der Waals surface area (Å²) in [5.74, 6) is -1.51. The summed E-state index contributed by atoms with van der Waals surface area (Å²) in [6.45, 7) is 12.8. The zero-order chi connectivity index (χ0) is 55.5. The van der Waals surface area contributed by atoms with Gasteiger partial charge in [0.1, 0.15) is 29.3 Å². The molecule has 1 heterocycles.